The van der Waals surface area contributed by atoms with Crippen LogP contribution in [0.5, 0.6) is 0 Å². The van der Waals surface area contributed by atoms with Gasteiger partial charge in [0.2, 0.25) is 5.91 Å². The van der Waals surface area contributed by atoms with E-state index in [0.717, 1.165) is 43.5 Å². The number of aliphatic imine (C=N–C) groups is 1. The van der Waals surface area contributed by atoms with Crippen LogP contribution >= 0.6 is 24.0 Å². The van der Waals surface area contributed by atoms with Crippen molar-refractivity contribution < 1.29 is 4.79 Å². The number of hydrogen-bond donors (Lipinski definition) is 2. The zero-order chi connectivity index (χ0) is 16.1. The summed E-state index contributed by atoms with van der Waals surface area (Å²) in [5.74, 6) is 2.65. The van der Waals surface area contributed by atoms with Crippen molar-refractivity contribution >= 4 is 35.8 Å². The maximum absolute atomic E-state index is 11.1. The monoisotopic (exact) mass is 435 g/mol. The molecule has 1 aromatic heterocycles. The standard InChI is InChI=1S/C14H25N7O.HI/c1-10-18-19-13(20(10)3)8-17-14(16-2)21-6-4-5-11(9-21)7-12(15)22;/h11H,4-9H2,1-3H3,(H2,15,22)(H,16,17);1H. The van der Waals surface area contributed by atoms with Crippen LogP contribution in [0, 0.1) is 12.8 Å². The van der Waals surface area contributed by atoms with Crippen LogP contribution in [0.4, 0.5) is 0 Å². The zero-order valence-corrected chi connectivity index (χ0v) is 16.3. The summed E-state index contributed by atoms with van der Waals surface area (Å²) < 4.78 is 1.95. The van der Waals surface area contributed by atoms with E-state index in [1.807, 2.05) is 18.5 Å². The van der Waals surface area contributed by atoms with Gasteiger partial charge in [-0.15, -0.1) is 34.2 Å². The molecule has 3 N–H and O–H groups in total. The number of rotatable bonds is 4. The molecule has 1 unspecified atom stereocenters. The Hall–Kier alpha value is -1.39. The van der Waals surface area contributed by atoms with Crippen LogP contribution < -0.4 is 11.1 Å². The van der Waals surface area contributed by atoms with Crippen LogP contribution in [0.1, 0.15) is 30.9 Å². The summed E-state index contributed by atoms with van der Waals surface area (Å²) in [7, 11) is 3.71. The van der Waals surface area contributed by atoms with Crippen molar-refractivity contribution in [1.29, 1.82) is 0 Å². The summed E-state index contributed by atoms with van der Waals surface area (Å²) in [6.07, 6.45) is 2.52. The van der Waals surface area contributed by atoms with Crippen LogP contribution in [-0.2, 0) is 18.4 Å². The molecule has 1 aromatic rings. The molecule has 0 aliphatic carbocycles. The van der Waals surface area contributed by atoms with Gasteiger partial charge in [0.1, 0.15) is 5.82 Å². The number of guanidine groups is 1. The van der Waals surface area contributed by atoms with Gasteiger partial charge in [0.15, 0.2) is 11.8 Å². The van der Waals surface area contributed by atoms with Gasteiger partial charge in [-0.05, 0) is 25.7 Å². The first-order chi connectivity index (χ1) is 10.5. The van der Waals surface area contributed by atoms with E-state index < -0.39 is 0 Å². The summed E-state index contributed by atoms with van der Waals surface area (Å²) in [6.45, 7) is 4.23. The van der Waals surface area contributed by atoms with E-state index in [2.05, 4.69) is 25.4 Å². The number of nitrogens with two attached hydrogens (primary N) is 1. The Labute approximate surface area is 153 Å². The van der Waals surface area contributed by atoms with E-state index in [1.165, 1.54) is 0 Å². The predicted octanol–water partition coefficient (Wildman–Crippen LogP) is 0.404. The van der Waals surface area contributed by atoms with Crippen molar-refractivity contribution in [3.05, 3.63) is 11.6 Å². The molecule has 9 heteroatoms. The molecule has 8 nitrogen and oxygen atoms in total. The first kappa shape index (κ1) is 19.7. The number of halogens is 1. The van der Waals surface area contributed by atoms with Crippen LogP contribution in [0.15, 0.2) is 4.99 Å². The van der Waals surface area contributed by atoms with Gasteiger partial charge in [-0.25, -0.2) is 0 Å². The van der Waals surface area contributed by atoms with Crippen molar-refractivity contribution in [2.45, 2.75) is 32.7 Å². The molecule has 1 aliphatic heterocycles. The molecule has 23 heavy (non-hydrogen) atoms. The molecule has 0 bridgehead atoms. The lowest BCUT2D eigenvalue weighted by Crippen LogP contribution is -2.47. The van der Waals surface area contributed by atoms with Gasteiger partial charge in [0, 0.05) is 33.6 Å². The third-order valence-corrected chi connectivity index (χ3v) is 4.11. The minimum Gasteiger partial charge on any atom is -0.370 e. The average molecular weight is 435 g/mol. The van der Waals surface area contributed by atoms with E-state index in [0.29, 0.717) is 18.9 Å². The molecule has 2 rings (SSSR count). The van der Waals surface area contributed by atoms with Crippen molar-refractivity contribution in [2.24, 2.45) is 23.7 Å². The van der Waals surface area contributed by atoms with Gasteiger partial charge in [-0.1, -0.05) is 0 Å². The van der Waals surface area contributed by atoms with E-state index in [9.17, 15) is 4.79 Å². The van der Waals surface area contributed by atoms with Crippen LogP contribution in [0.25, 0.3) is 0 Å². The third-order valence-electron chi connectivity index (χ3n) is 4.11. The Morgan fingerprint density at radius 3 is 2.78 bits per heavy atom. The van der Waals surface area contributed by atoms with Crippen molar-refractivity contribution in [3.63, 3.8) is 0 Å². The van der Waals surface area contributed by atoms with Gasteiger partial charge >= 0.3 is 0 Å². The predicted molar refractivity (Wildman–Crippen MR) is 99.5 cm³/mol. The number of piperidine rings is 1. The number of amides is 1. The van der Waals surface area contributed by atoms with E-state index in [-0.39, 0.29) is 29.9 Å². The molecule has 130 valence electrons. The fraction of sp³-hybridized carbons (Fsp3) is 0.714. The van der Waals surface area contributed by atoms with Crippen LogP contribution in [-0.4, -0.2) is 51.7 Å². The fourth-order valence-corrected chi connectivity index (χ4v) is 2.80. The molecular formula is C14H26IN7O. The second-order valence-electron chi connectivity index (χ2n) is 5.75. The zero-order valence-electron chi connectivity index (χ0n) is 13.9. The molecule has 1 atom stereocenters. The SMILES string of the molecule is CN=C(NCc1nnc(C)n1C)N1CCCC(CC(N)=O)C1.I. The molecule has 0 saturated carbocycles. The second kappa shape index (κ2) is 9.04. The normalized spacial score (nSPS) is 18.5. The summed E-state index contributed by atoms with van der Waals surface area (Å²) in [5.41, 5.74) is 5.31. The Balaban J connectivity index is 0.00000264. The number of hydrogen-bond acceptors (Lipinski definition) is 4. The highest BCUT2D eigenvalue weighted by atomic mass is 127. The number of likely N-dealkylation sites (tertiary alicyclic amines) is 1. The Morgan fingerprint density at radius 1 is 1.48 bits per heavy atom. The number of nitrogens with zero attached hydrogens (tertiary/aromatic N) is 5. The molecule has 2 heterocycles. The van der Waals surface area contributed by atoms with Crippen molar-refractivity contribution in [1.82, 2.24) is 25.0 Å². The molecule has 1 saturated heterocycles. The number of aromatic nitrogens is 3. The minimum atomic E-state index is -0.232. The third kappa shape index (κ3) is 5.33. The molecule has 1 fully saturated rings. The summed E-state index contributed by atoms with van der Waals surface area (Å²) in [5, 5.41) is 11.5. The highest BCUT2D eigenvalue weighted by Crippen LogP contribution is 2.19. The highest BCUT2D eigenvalue weighted by Gasteiger charge is 2.23. The smallest absolute Gasteiger partial charge is 0.217 e. The number of carbonyl (C=O) groups is 1. The topological polar surface area (TPSA) is 101 Å². The van der Waals surface area contributed by atoms with Crippen molar-refractivity contribution in [2.75, 3.05) is 20.1 Å². The molecular weight excluding hydrogens is 409 g/mol. The molecule has 0 spiro atoms. The minimum absolute atomic E-state index is 0. The van der Waals surface area contributed by atoms with Gasteiger partial charge < -0.3 is 20.5 Å². The second-order valence-corrected chi connectivity index (χ2v) is 5.75. The lowest BCUT2D eigenvalue weighted by molar-refractivity contribution is -0.119. The Bertz CT molecular complexity index is 557. The van der Waals surface area contributed by atoms with Gasteiger partial charge in [-0.3, -0.25) is 9.79 Å². The first-order valence-corrected chi connectivity index (χ1v) is 7.60. The highest BCUT2D eigenvalue weighted by molar-refractivity contribution is 14.0. The molecule has 0 aromatic carbocycles. The largest absolute Gasteiger partial charge is 0.370 e. The van der Waals surface area contributed by atoms with E-state index in [4.69, 9.17) is 5.73 Å². The number of aryl methyl sites for hydroxylation is 1. The molecule has 0 radical (unpaired) electrons. The maximum Gasteiger partial charge on any atom is 0.217 e. The van der Waals surface area contributed by atoms with E-state index >= 15 is 0 Å². The van der Waals surface area contributed by atoms with Gasteiger partial charge in [-0.2, -0.15) is 0 Å². The molecule has 1 aliphatic rings. The lowest BCUT2D eigenvalue weighted by Gasteiger charge is -2.34. The van der Waals surface area contributed by atoms with E-state index in [1.54, 1.807) is 7.05 Å². The maximum atomic E-state index is 11.1. The number of carbonyl (C=O) groups excluding carboxylic acids is 1. The fourth-order valence-electron chi connectivity index (χ4n) is 2.80. The quantitative estimate of drug-likeness (QED) is 0.405. The summed E-state index contributed by atoms with van der Waals surface area (Å²) in [4.78, 5) is 17.6. The van der Waals surface area contributed by atoms with Crippen molar-refractivity contribution in [3.8, 4) is 0 Å². The van der Waals surface area contributed by atoms with Gasteiger partial charge in [0.05, 0.1) is 6.54 Å². The molecule has 1 amide bonds. The number of nitrogens with one attached hydrogen (secondary N) is 1. The summed E-state index contributed by atoms with van der Waals surface area (Å²) in [6, 6.07) is 0. The average Bonchev–Trinajstić information content (AvgIpc) is 2.79. The van der Waals surface area contributed by atoms with Crippen LogP contribution in [0.2, 0.25) is 0 Å². The lowest BCUT2D eigenvalue weighted by atomic mass is 9.95. The number of primary amides is 1. The Kier molecular flexibility index (Phi) is 7.73. The van der Waals surface area contributed by atoms with Gasteiger partial charge in [0.25, 0.3) is 0 Å². The summed E-state index contributed by atoms with van der Waals surface area (Å²) >= 11 is 0. The Morgan fingerprint density at radius 2 is 2.22 bits per heavy atom. The van der Waals surface area contributed by atoms with Crippen LogP contribution in [0.3, 0.4) is 0 Å². The first-order valence-electron chi connectivity index (χ1n) is 7.60.